The summed E-state index contributed by atoms with van der Waals surface area (Å²) in [6.07, 6.45) is 0.237. The Morgan fingerprint density at radius 2 is 1.81 bits per heavy atom. The normalized spacial score (nSPS) is 16.2. The Morgan fingerprint density at radius 3 is 2.65 bits per heavy atom. The van der Waals surface area contributed by atoms with Crippen molar-refractivity contribution in [1.82, 2.24) is 14.8 Å². The fourth-order valence-corrected chi connectivity index (χ4v) is 3.65. The van der Waals surface area contributed by atoms with Crippen molar-refractivity contribution in [3.8, 4) is 0 Å². The van der Waals surface area contributed by atoms with Crippen LogP contribution >= 0.6 is 0 Å². The van der Waals surface area contributed by atoms with Crippen LogP contribution in [0.15, 0.2) is 68.2 Å². The van der Waals surface area contributed by atoms with Crippen LogP contribution in [0.25, 0.3) is 11.1 Å². The first kappa shape index (κ1) is 18.8. The number of nitrogens with zero attached hydrogens (tertiary/aromatic N) is 4. The number of rotatable bonds is 5. The molecule has 5 rings (SSSR count). The van der Waals surface area contributed by atoms with Gasteiger partial charge in [-0.2, -0.15) is 0 Å². The highest BCUT2D eigenvalue weighted by molar-refractivity contribution is 5.96. The Bertz CT molecular complexity index is 1320. The number of hydrogen-bond acceptors (Lipinski definition) is 7. The van der Waals surface area contributed by atoms with E-state index in [4.69, 9.17) is 8.83 Å². The van der Waals surface area contributed by atoms with Crippen LogP contribution in [0.1, 0.15) is 18.2 Å². The zero-order chi connectivity index (χ0) is 21.4. The molecule has 0 aliphatic carbocycles. The Balaban J connectivity index is 1.27. The molecule has 1 saturated heterocycles. The molecule has 1 atom stereocenters. The van der Waals surface area contributed by atoms with Gasteiger partial charge in [0.1, 0.15) is 6.54 Å². The van der Waals surface area contributed by atoms with E-state index in [2.05, 4.69) is 15.5 Å². The second-order valence-electron chi connectivity index (χ2n) is 7.16. The smallest absolute Gasteiger partial charge is 0.408 e. The molecule has 0 radical (unpaired) electrons. The topological polar surface area (TPSA) is 123 Å². The Morgan fingerprint density at radius 1 is 1.03 bits per heavy atom. The molecule has 4 aromatic rings. The van der Waals surface area contributed by atoms with E-state index in [1.165, 1.54) is 4.57 Å². The predicted octanol–water partition coefficient (Wildman–Crippen LogP) is 2.14. The first-order valence-electron chi connectivity index (χ1n) is 9.65. The number of oxazole rings is 1. The summed E-state index contributed by atoms with van der Waals surface area (Å²) < 4.78 is 11.9. The number of hydrogen-bond donors (Lipinski definition) is 1. The van der Waals surface area contributed by atoms with Crippen LogP contribution in [0.3, 0.4) is 0 Å². The van der Waals surface area contributed by atoms with E-state index in [1.54, 1.807) is 29.2 Å². The molecule has 3 heterocycles. The number of anilines is 2. The van der Waals surface area contributed by atoms with Crippen molar-refractivity contribution < 1.29 is 18.4 Å². The zero-order valence-electron chi connectivity index (χ0n) is 16.2. The minimum atomic E-state index is -0.631. The molecule has 0 saturated carbocycles. The van der Waals surface area contributed by atoms with Gasteiger partial charge in [-0.25, -0.2) is 4.79 Å². The molecule has 2 aromatic heterocycles. The van der Waals surface area contributed by atoms with Gasteiger partial charge in [-0.3, -0.25) is 19.5 Å². The van der Waals surface area contributed by atoms with Gasteiger partial charge < -0.3 is 13.7 Å². The molecule has 10 nitrogen and oxygen atoms in total. The summed E-state index contributed by atoms with van der Waals surface area (Å²) in [6.45, 7) is 0.145. The van der Waals surface area contributed by atoms with Gasteiger partial charge in [0.2, 0.25) is 17.7 Å². The third kappa shape index (κ3) is 3.59. The summed E-state index contributed by atoms with van der Waals surface area (Å²) in [4.78, 5) is 38.5. The van der Waals surface area contributed by atoms with Crippen LogP contribution in [0, 0.1) is 0 Å². The number of fused-ring (bicyclic) bond motifs is 1. The maximum Gasteiger partial charge on any atom is 0.420 e. The van der Waals surface area contributed by atoms with E-state index in [1.807, 2.05) is 30.3 Å². The van der Waals surface area contributed by atoms with Gasteiger partial charge in [0.15, 0.2) is 5.58 Å². The second kappa shape index (κ2) is 7.56. The molecule has 156 valence electrons. The Hall–Kier alpha value is -4.21. The van der Waals surface area contributed by atoms with Crippen molar-refractivity contribution in [3.05, 3.63) is 71.0 Å². The largest absolute Gasteiger partial charge is 0.420 e. The first-order chi connectivity index (χ1) is 15.1. The number of carbonyl (C=O) groups is 2. The van der Waals surface area contributed by atoms with Gasteiger partial charge in [-0.1, -0.05) is 35.4 Å². The second-order valence-corrected chi connectivity index (χ2v) is 7.16. The van der Waals surface area contributed by atoms with Crippen LogP contribution in [-0.2, 0) is 16.1 Å². The van der Waals surface area contributed by atoms with Crippen molar-refractivity contribution in [1.29, 1.82) is 0 Å². The molecule has 1 aliphatic rings. The van der Waals surface area contributed by atoms with Crippen LogP contribution < -0.4 is 16.0 Å². The molecule has 2 amide bonds. The van der Waals surface area contributed by atoms with Gasteiger partial charge in [0.25, 0.3) is 0 Å². The summed E-state index contributed by atoms with van der Waals surface area (Å²) in [5.74, 6) is -1.18. The van der Waals surface area contributed by atoms with E-state index < -0.39 is 11.7 Å². The average molecular weight is 419 g/mol. The number of para-hydroxylation sites is 3. The molecule has 31 heavy (non-hydrogen) atoms. The van der Waals surface area contributed by atoms with E-state index in [0.29, 0.717) is 17.6 Å². The number of nitrogens with one attached hydrogen (secondary N) is 1. The third-order valence-corrected chi connectivity index (χ3v) is 5.10. The molecule has 1 aliphatic heterocycles. The SMILES string of the molecule is O=C(Cn1c(=O)oc2ccccc21)Nc1nnc([C@@H]2CC(=O)N(c3ccccc3)C2)o1. The van der Waals surface area contributed by atoms with Crippen molar-refractivity contribution in [2.45, 2.75) is 18.9 Å². The van der Waals surface area contributed by atoms with Crippen molar-refractivity contribution >= 4 is 34.6 Å². The quantitative estimate of drug-likeness (QED) is 0.526. The number of amides is 2. The number of benzene rings is 2. The van der Waals surface area contributed by atoms with Crippen LogP contribution in [0.4, 0.5) is 11.7 Å². The standard InChI is InChI=1S/C21H17N5O5/c27-17(12-26-15-8-4-5-9-16(15)30-21(26)29)22-20-24-23-19(31-20)13-10-18(28)25(11-13)14-6-2-1-3-7-14/h1-9,13H,10-12H2,(H,22,24,27)/t13-/m1/s1. The minimum Gasteiger partial charge on any atom is -0.408 e. The summed E-state index contributed by atoms with van der Waals surface area (Å²) in [7, 11) is 0. The molecule has 10 heteroatoms. The summed E-state index contributed by atoms with van der Waals surface area (Å²) in [5, 5.41) is 10.3. The molecule has 1 fully saturated rings. The highest BCUT2D eigenvalue weighted by Gasteiger charge is 2.35. The first-order valence-corrected chi connectivity index (χ1v) is 9.65. The molecule has 0 bridgehead atoms. The predicted molar refractivity (Wildman–Crippen MR) is 110 cm³/mol. The molecule has 2 aromatic carbocycles. The van der Waals surface area contributed by atoms with Gasteiger partial charge in [0.05, 0.1) is 11.4 Å². The van der Waals surface area contributed by atoms with Crippen molar-refractivity contribution in [2.75, 3.05) is 16.8 Å². The number of carbonyl (C=O) groups excluding carboxylic acids is 2. The minimum absolute atomic E-state index is 0.0359. The molecule has 0 spiro atoms. The molecular weight excluding hydrogens is 402 g/mol. The fraction of sp³-hybridized carbons (Fsp3) is 0.190. The molecular formula is C21H17N5O5. The van der Waals surface area contributed by atoms with Gasteiger partial charge in [-0.15, -0.1) is 5.10 Å². The van der Waals surface area contributed by atoms with Crippen LogP contribution in [-0.4, -0.2) is 33.1 Å². The molecule has 0 unspecified atom stereocenters. The Kier molecular flexibility index (Phi) is 4.58. The summed E-state index contributed by atoms with van der Waals surface area (Å²) in [6, 6.07) is 16.1. The zero-order valence-corrected chi connectivity index (χ0v) is 16.2. The Labute approximate surface area is 175 Å². The monoisotopic (exact) mass is 419 g/mol. The lowest BCUT2D eigenvalue weighted by atomic mass is 10.1. The maximum atomic E-state index is 12.4. The molecule has 1 N–H and O–H groups in total. The third-order valence-electron chi connectivity index (χ3n) is 5.10. The fourth-order valence-electron chi connectivity index (χ4n) is 3.65. The lowest BCUT2D eigenvalue weighted by Gasteiger charge is -2.15. The van der Waals surface area contributed by atoms with E-state index >= 15 is 0 Å². The van der Waals surface area contributed by atoms with Crippen molar-refractivity contribution in [3.63, 3.8) is 0 Å². The lowest BCUT2D eigenvalue weighted by molar-refractivity contribution is -0.117. The van der Waals surface area contributed by atoms with E-state index in [-0.39, 0.29) is 36.7 Å². The van der Waals surface area contributed by atoms with E-state index in [9.17, 15) is 14.4 Å². The van der Waals surface area contributed by atoms with E-state index in [0.717, 1.165) is 5.69 Å². The number of aromatic nitrogens is 3. The average Bonchev–Trinajstić information content (AvgIpc) is 3.47. The van der Waals surface area contributed by atoms with Crippen LogP contribution in [0.5, 0.6) is 0 Å². The van der Waals surface area contributed by atoms with Gasteiger partial charge in [-0.05, 0) is 24.3 Å². The maximum absolute atomic E-state index is 12.4. The van der Waals surface area contributed by atoms with Crippen molar-refractivity contribution in [2.24, 2.45) is 0 Å². The van der Waals surface area contributed by atoms with Gasteiger partial charge in [0, 0.05) is 18.7 Å². The van der Waals surface area contributed by atoms with Gasteiger partial charge >= 0.3 is 11.8 Å². The lowest BCUT2D eigenvalue weighted by Crippen LogP contribution is -2.24. The summed E-state index contributed by atoms with van der Waals surface area (Å²) >= 11 is 0. The highest BCUT2D eigenvalue weighted by atomic mass is 16.4. The highest BCUT2D eigenvalue weighted by Crippen LogP contribution is 2.31. The van der Waals surface area contributed by atoms with Crippen LogP contribution in [0.2, 0.25) is 0 Å². The summed E-state index contributed by atoms with van der Waals surface area (Å²) in [5.41, 5.74) is 1.72.